The fourth-order valence-electron chi connectivity index (χ4n) is 1.88. The zero-order valence-electron chi connectivity index (χ0n) is 14.0. The molecule has 1 aromatic heterocycles. The molecule has 26 heavy (non-hydrogen) atoms. The van der Waals surface area contributed by atoms with E-state index in [0.717, 1.165) is 5.56 Å². The minimum Gasteiger partial charge on any atom is -0.465 e. The number of nitrogens with one attached hydrogen (secondary N) is 1. The Morgan fingerprint density at radius 3 is 2.15 bits per heavy atom. The van der Waals surface area contributed by atoms with Gasteiger partial charge >= 0.3 is 11.5 Å². The van der Waals surface area contributed by atoms with Crippen molar-refractivity contribution in [2.24, 2.45) is 0 Å². The van der Waals surface area contributed by atoms with Crippen LogP contribution in [0.2, 0.25) is 10.3 Å². The number of carboxylic acid groups (broad SMARTS) is 1. The third kappa shape index (κ3) is 8.38. The van der Waals surface area contributed by atoms with E-state index in [-0.39, 0.29) is 16.9 Å². The highest BCUT2D eigenvalue weighted by Crippen LogP contribution is 2.24. The number of nitrogens with zero attached hydrogens (tertiary/aromatic N) is 1. The van der Waals surface area contributed by atoms with E-state index in [1.807, 2.05) is 30.3 Å². The first kappa shape index (κ1) is 22.0. The Morgan fingerprint density at radius 2 is 1.69 bits per heavy atom. The second-order valence-electron chi connectivity index (χ2n) is 5.57. The molecule has 0 aliphatic carbocycles. The summed E-state index contributed by atoms with van der Waals surface area (Å²) in [7, 11) is 0. The van der Waals surface area contributed by atoms with Gasteiger partial charge in [-0.05, 0) is 37.1 Å². The molecule has 2 rings (SSSR count). The van der Waals surface area contributed by atoms with Crippen molar-refractivity contribution in [3.63, 3.8) is 0 Å². The van der Waals surface area contributed by atoms with Gasteiger partial charge in [0.1, 0.15) is 16.9 Å². The molecule has 140 valence electrons. The second kappa shape index (κ2) is 10.2. The number of benzene rings is 1. The third-order valence-corrected chi connectivity index (χ3v) is 3.60. The number of hydrogen-bond donors (Lipinski definition) is 2. The maximum atomic E-state index is 10.6. The van der Waals surface area contributed by atoms with Crippen LogP contribution in [0, 0.1) is 0 Å². The fourth-order valence-corrected chi connectivity index (χ4v) is 2.39. The molecule has 0 atom stereocenters. The number of ether oxygens (including phenoxy) is 1. The van der Waals surface area contributed by atoms with Crippen LogP contribution in [-0.4, -0.2) is 21.6 Å². The first-order valence-corrected chi connectivity index (χ1v) is 8.44. The summed E-state index contributed by atoms with van der Waals surface area (Å²) >= 11 is 16.4. The van der Waals surface area contributed by atoms with Gasteiger partial charge < -0.3 is 15.2 Å². The molecular weight excluding hydrogens is 403 g/mol. The van der Waals surface area contributed by atoms with Crippen molar-refractivity contribution in [1.82, 2.24) is 10.3 Å². The van der Waals surface area contributed by atoms with Crippen molar-refractivity contribution in [3.05, 3.63) is 63.9 Å². The molecule has 9 heteroatoms. The Morgan fingerprint density at radius 1 is 1.15 bits per heavy atom. The molecule has 0 aliphatic heterocycles. The smallest absolute Gasteiger partial charge is 0.405 e. The number of aromatic nitrogens is 1. The average molecular weight is 420 g/mol. The summed E-state index contributed by atoms with van der Waals surface area (Å²) in [6.45, 7) is 3.66. The summed E-state index contributed by atoms with van der Waals surface area (Å²) in [5.74, 6) is 0. The number of halogens is 3. The zero-order chi connectivity index (χ0) is 19.7. The number of amides is 1. The molecule has 0 fully saturated rings. The molecule has 1 heterocycles. The Kier molecular flexibility index (Phi) is 8.65. The minimum absolute atomic E-state index is 0.234. The van der Waals surface area contributed by atoms with Crippen molar-refractivity contribution in [3.8, 4) is 0 Å². The van der Waals surface area contributed by atoms with Crippen LogP contribution in [0.1, 0.15) is 25.0 Å². The topological polar surface area (TPSA) is 88.5 Å². The van der Waals surface area contributed by atoms with Gasteiger partial charge in [-0.25, -0.2) is 14.6 Å². The van der Waals surface area contributed by atoms with E-state index in [4.69, 9.17) is 39.9 Å². The largest absolute Gasteiger partial charge is 0.465 e. The van der Waals surface area contributed by atoms with E-state index in [0.29, 0.717) is 5.56 Å². The average Bonchev–Trinajstić information content (AvgIpc) is 2.52. The Bertz CT molecular complexity index is 735. The van der Waals surface area contributed by atoms with Gasteiger partial charge in [-0.1, -0.05) is 53.5 Å². The van der Waals surface area contributed by atoms with E-state index in [1.165, 1.54) is 0 Å². The van der Waals surface area contributed by atoms with Crippen molar-refractivity contribution in [1.29, 1.82) is 0 Å². The summed E-state index contributed by atoms with van der Waals surface area (Å²) < 4.78 is 4.55. The van der Waals surface area contributed by atoms with Gasteiger partial charge in [0.15, 0.2) is 0 Å². The van der Waals surface area contributed by atoms with Crippen LogP contribution in [0.4, 0.5) is 9.59 Å². The highest BCUT2D eigenvalue weighted by molar-refractivity contribution is 6.61. The highest BCUT2D eigenvalue weighted by Gasteiger charge is 2.23. The standard InChI is InChI=1S/C9H10Cl2N2O2.C8H7ClO2/c1-9(2,13-8(14)15)5-3-6(10)12-7(11)4-5;9-8(10)11-6-7-4-2-1-3-5-7/h3-4,13H,1-2H3,(H,14,15);1-5H,6H2. The van der Waals surface area contributed by atoms with Gasteiger partial charge in [-0.2, -0.15) is 0 Å². The van der Waals surface area contributed by atoms with Gasteiger partial charge in [0, 0.05) is 11.6 Å². The fraction of sp³-hybridized carbons (Fsp3) is 0.235. The van der Waals surface area contributed by atoms with E-state index in [9.17, 15) is 9.59 Å². The van der Waals surface area contributed by atoms with Crippen LogP contribution in [0.5, 0.6) is 0 Å². The van der Waals surface area contributed by atoms with Crippen LogP contribution < -0.4 is 5.32 Å². The first-order chi connectivity index (χ1) is 12.1. The molecular formula is C17H17Cl3N2O4. The number of carbonyl (C=O) groups excluding carboxylic acids is 1. The molecule has 0 aliphatic rings. The van der Waals surface area contributed by atoms with Gasteiger partial charge in [0.05, 0.1) is 5.54 Å². The lowest BCUT2D eigenvalue weighted by Crippen LogP contribution is -2.40. The van der Waals surface area contributed by atoms with E-state index in [2.05, 4.69) is 15.0 Å². The summed E-state index contributed by atoms with van der Waals surface area (Å²) in [4.78, 5) is 24.5. The maximum absolute atomic E-state index is 10.6. The van der Waals surface area contributed by atoms with Crippen LogP contribution >= 0.6 is 34.8 Å². The molecule has 2 N–H and O–H groups in total. The lowest BCUT2D eigenvalue weighted by Gasteiger charge is -2.25. The number of hydrogen-bond acceptors (Lipinski definition) is 4. The SMILES string of the molecule is CC(C)(NC(=O)O)c1cc(Cl)nc(Cl)c1.O=C(Cl)OCc1ccccc1. The molecule has 6 nitrogen and oxygen atoms in total. The van der Waals surface area contributed by atoms with E-state index in [1.54, 1.807) is 26.0 Å². The van der Waals surface area contributed by atoms with Gasteiger partial charge in [-0.3, -0.25) is 0 Å². The van der Waals surface area contributed by atoms with Crippen LogP contribution in [0.25, 0.3) is 0 Å². The van der Waals surface area contributed by atoms with Crippen LogP contribution in [0.15, 0.2) is 42.5 Å². The normalized spacial score (nSPS) is 10.3. The predicted octanol–water partition coefficient (Wildman–Crippen LogP) is 5.45. The van der Waals surface area contributed by atoms with Gasteiger partial charge in [-0.15, -0.1) is 0 Å². The molecule has 1 amide bonds. The summed E-state index contributed by atoms with van der Waals surface area (Å²) in [5, 5.41) is 11.5. The number of pyridine rings is 1. The Hall–Kier alpha value is -2.02. The summed E-state index contributed by atoms with van der Waals surface area (Å²) in [5.41, 5.74) is 0.0625. The molecule has 0 saturated carbocycles. The van der Waals surface area contributed by atoms with Crippen molar-refractivity contribution in [2.45, 2.75) is 26.0 Å². The molecule has 0 bridgehead atoms. The molecule has 0 spiro atoms. The highest BCUT2D eigenvalue weighted by atomic mass is 35.5. The minimum atomic E-state index is -1.11. The van der Waals surface area contributed by atoms with Crippen molar-refractivity contribution >= 4 is 46.3 Å². The summed E-state index contributed by atoms with van der Waals surface area (Å²) in [6, 6.07) is 12.5. The number of carbonyl (C=O) groups is 2. The first-order valence-electron chi connectivity index (χ1n) is 7.31. The van der Waals surface area contributed by atoms with Crippen LogP contribution in [-0.2, 0) is 16.9 Å². The molecule has 2 aromatic rings. The van der Waals surface area contributed by atoms with Crippen LogP contribution in [0.3, 0.4) is 0 Å². The van der Waals surface area contributed by atoms with E-state index < -0.39 is 17.1 Å². The quantitative estimate of drug-likeness (QED) is 0.508. The molecule has 0 saturated heterocycles. The zero-order valence-corrected chi connectivity index (χ0v) is 16.3. The molecule has 0 radical (unpaired) electrons. The third-order valence-electron chi connectivity index (χ3n) is 3.10. The predicted molar refractivity (Wildman–Crippen MR) is 101 cm³/mol. The Labute approximate surface area is 166 Å². The Balaban J connectivity index is 0.000000273. The monoisotopic (exact) mass is 418 g/mol. The van der Waals surface area contributed by atoms with Crippen molar-refractivity contribution in [2.75, 3.05) is 0 Å². The molecule has 0 unspecified atom stereocenters. The summed E-state index contributed by atoms with van der Waals surface area (Å²) in [6.07, 6.45) is -1.11. The second-order valence-corrected chi connectivity index (χ2v) is 6.65. The maximum Gasteiger partial charge on any atom is 0.405 e. The lowest BCUT2D eigenvalue weighted by atomic mass is 9.96. The van der Waals surface area contributed by atoms with E-state index >= 15 is 0 Å². The lowest BCUT2D eigenvalue weighted by molar-refractivity contribution is 0.167. The van der Waals surface area contributed by atoms with Crippen molar-refractivity contribution < 1.29 is 19.4 Å². The van der Waals surface area contributed by atoms with Gasteiger partial charge in [0.25, 0.3) is 0 Å². The van der Waals surface area contributed by atoms with Gasteiger partial charge in [0.2, 0.25) is 0 Å². The number of rotatable bonds is 4. The molecule has 1 aromatic carbocycles.